The number of carbonyl (C=O) groups is 1. The van der Waals surface area contributed by atoms with Crippen molar-refractivity contribution in [2.24, 2.45) is 16.7 Å². The summed E-state index contributed by atoms with van der Waals surface area (Å²) in [5.74, 6) is 1.21. The van der Waals surface area contributed by atoms with Crippen LogP contribution >= 0.6 is 0 Å². The average molecular weight is 395 g/mol. The third-order valence-electron chi connectivity index (χ3n) is 8.98. The molecule has 3 nitrogen and oxygen atoms in total. The summed E-state index contributed by atoms with van der Waals surface area (Å²) in [5, 5.41) is 3.46. The molecule has 29 heavy (non-hydrogen) atoms. The van der Waals surface area contributed by atoms with Gasteiger partial charge in [-0.1, -0.05) is 43.7 Å². The summed E-state index contributed by atoms with van der Waals surface area (Å²) in [7, 11) is 2.11. The maximum atomic E-state index is 14.1. The van der Waals surface area contributed by atoms with Crippen LogP contribution in [-0.4, -0.2) is 37.0 Å². The summed E-state index contributed by atoms with van der Waals surface area (Å²) in [4.78, 5) is 16.3. The highest BCUT2D eigenvalue weighted by molar-refractivity contribution is 5.84. The second-order valence-electron chi connectivity index (χ2n) is 11.1. The Morgan fingerprint density at radius 1 is 1.07 bits per heavy atom. The van der Waals surface area contributed by atoms with Crippen molar-refractivity contribution in [3.8, 4) is 0 Å². The molecule has 5 aliphatic rings. The zero-order valence-corrected chi connectivity index (χ0v) is 18.4. The van der Waals surface area contributed by atoms with Gasteiger partial charge in [-0.15, -0.1) is 0 Å². The predicted molar refractivity (Wildman–Crippen MR) is 118 cm³/mol. The zero-order chi connectivity index (χ0) is 20.1. The third kappa shape index (κ3) is 3.15. The Labute approximate surface area is 176 Å². The van der Waals surface area contributed by atoms with E-state index in [1.807, 2.05) is 0 Å². The fourth-order valence-electron chi connectivity index (χ4n) is 8.53. The van der Waals surface area contributed by atoms with Gasteiger partial charge < -0.3 is 10.2 Å². The summed E-state index contributed by atoms with van der Waals surface area (Å²) in [5.41, 5.74) is 1.99. The minimum Gasteiger partial charge on any atom is -0.342 e. The molecular weight excluding hydrogens is 356 g/mol. The number of amides is 1. The van der Waals surface area contributed by atoms with Gasteiger partial charge in [0.25, 0.3) is 0 Å². The molecule has 0 spiro atoms. The number of hydrogen-bond donors (Lipinski definition) is 1. The molecule has 0 radical (unpaired) electrons. The monoisotopic (exact) mass is 394 g/mol. The molecule has 5 fully saturated rings. The maximum absolute atomic E-state index is 14.1. The molecule has 6 rings (SSSR count). The second-order valence-corrected chi connectivity index (χ2v) is 11.1. The van der Waals surface area contributed by atoms with Crippen LogP contribution in [0, 0.1) is 16.7 Å². The van der Waals surface area contributed by atoms with Crippen LogP contribution in [0.25, 0.3) is 0 Å². The van der Waals surface area contributed by atoms with Crippen LogP contribution in [0.15, 0.2) is 30.3 Å². The topological polar surface area (TPSA) is 32.3 Å². The Morgan fingerprint density at radius 2 is 1.83 bits per heavy atom. The molecule has 4 bridgehead atoms. The van der Waals surface area contributed by atoms with E-state index in [0.717, 1.165) is 51.1 Å². The lowest BCUT2D eigenvalue weighted by molar-refractivity contribution is -0.174. The van der Waals surface area contributed by atoms with Crippen molar-refractivity contribution in [1.29, 1.82) is 0 Å². The highest BCUT2D eigenvalue weighted by Crippen LogP contribution is 2.71. The number of piperidine rings is 1. The first-order chi connectivity index (χ1) is 14.0. The van der Waals surface area contributed by atoms with E-state index in [0.29, 0.717) is 17.4 Å². The summed E-state index contributed by atoms with van der Waals surface area (Å²) in [6.07, 6.45) is 12.1. The fourth-order valence-corrected chi connectivity index (χ4v) is 8.53. The molecule has 1 saturated heterocycles. The molecule has 1 heterocycles. The largest absolute Gasteiger partial charge is 0.342 e. The fraction of sp³-hybridized carbons (Fsp3) is 0.731. The Bertz CT molecular complexity index is 757. The molecule has 4 atom stereocenters. The van der Waals surface area contributed by atoms with Crippen molar-refractivity contribution in [3.63, 3.8) is 0 Å². The lowest BCUT2D eigenvalue weighted by Gasteiger charge is -2.67. The van der Waals surface area contributed by atoms with E-state index in [1.54, 1.807) is 0 Å². The molecule has 1 N–H and O–H groups in total. The lowest BCUT2D eigenvalue weighted by Crippen LogP contribution is -2.63. The van der Waals surface area contributed by atoms with Gasteiger partial charge >= 0.3 is 0 Å². The molecule has 1 aromatic carbocycles. The van der Waals surface area contributed by atoms with Crippen molar-refractivity contribution < 1.29 is 4.79 Å². The molecule has 1 amide bonds. The van der Waals surface area contributed by atoms with E-state index < -0.39 is 0 Å². The van der Waals surface area contributed by atoms with E-state index in [2.05, 4.69) is 54.5 Å². The Hall–Kier alpha value is -1.35. The lowest BCUT2D eigenvalue weighted by atomic mass is 9.37. The van der Waals surface area contributed by atoms with Crippen molar-refractivity contribution in [1.82, 2.24) is 10.2 Å². The number of nitrogens with zero attached hydrogens (tertiary/aromatic N) is 1. The Kier molecular flexibility index (Phi) is 4.81. The first kappa shape index (κ1) is 19.6. The van der Waals surface area contributed by atoms with E-state index in [1.165, 1.54) is 37.7 Å². The highest BCUT2D eigenvalue weighted by atomic mass is 16.2. The third-order valence-corrected chi connectivity index (χ3v) is 8.98. The van der Waals surface area contributed by atoms with Crippen LogP contribution < -0.4 is 5.32 Å². The minimum absolute atomic E-state index is 0.121. The van der Waals surface area contributed by atoms with Crippen LogP contribution in [0.4, 0.5) is 0 Å². The normalized spacial score (nSPS) is 38.9. The van der Waals surface area contributed by atoms with Gasteiger partial charge in [-0.3, -0.25) is 4.79 Å². The molecular formula is C26H38N2O. The molecule has 3 heteroatoms. The van der Waals surface area contributed by atoms with Crippen molar-refractivity contribution in [3.05, 3.63) is 35.9 Å². The van der Waals surface area contributed by atoms with Crippen molar-refractivity contribution >= 4 is 5.91 Å². The number of benzene rings is 1. The van der Waals surface area contributed by atoms with Gasteiger partial charge in [0.1, 0.15) is 0 Å². The van der Waals surface area contributed by atoms with Gasteiger partial charge in [-0.25, -0.2) is 0 Å². The van der Waals surface area contributed by atoms with E-state index >= 15 is 0 Å². The number of nitrogens with one attached hydrogen (secondary N) is 1. The molecule has 0 aromatic heterocycles. The molecule has 1 aromatic rings. The molecule has 158 valence electrons. The van der Waals surface area contributed by atoms with Crippen LogP contribution in [0.2, 0.25) is 0 Å². The predicted octanol–water partition coefficient (Wildman–Crippen LogP) is 4.91. The number of rotatable bonds is 5. The number of hydrogen-bond acceptors (Lipinski definition) is 2. The smallest absolute Gasteiger partial charge is 0.228 e. The number of carbonyl (C=O) groups excluding carboxylic acids is 1. The van der Waals surface area contributed by atoms with Gasteiger partial charge in [0.15, 0.2) is 0 Å². The van der Waals surface area contributed by atoms with E-state index in [9.17, 15) is 4.79 Å². The Morgan fingerprint density at radius 3 is 2.55 bits per heavy atom. The van der Waals surface area contributed by atoms with Crippen LogP contribution in [0.5, 0.6) is 0 Å². The van der Waals surface area contributed by atoms with Gasteiger partial charge in [-0.2, -0.15) is 0 Å². The van der Waals surface area contributed by atoms with Crippen LogP contribution in [-0.2, 0) is 10.2 Å². The first-order valence-electron chi connectivity index (χ1n) is 12.0. The quantitative estimate of drug-likeness (QED) is 0.770. The van der Waals surface area contributed by atoms with Gasteiger partial charge in [0.2, 0.25) is 5.91 Å². The Balaban J connectivity index is 1.52. The summed E-state index contributed by atoms with van der Waals surface area (Å²) < 4.78 is 0. The first-order valence-corrected chi connectivity index (χ1v) is 12.0. The van der Waals surface area contributed by atoms with Gasteiger partial charge in [-0.05, 0) is 93.2 Å². The maximum Gasteiger partial charge on any atom is 0.228 e. The average Bonchev–Trinajstić information content (AvgIpc) is 2.73. The van der Waals surface area contributed by atoms with E-state index in [-0.39, 0.29) is 10.8 Å². The molecule has 2 unspecified atom stereocenters. The minimum atomic E-state index is -0.121. The van der Waals surface area contributed by atoms with Crippen molar-refractivity contribution in [2.75, 3.05) is 20.1 Å². The highest BCUT2D eigenvalue weighted by Gasteiger charge is 2.66. The SMILES string of the molecule is CCC[C@]12CC3CC(C(=O)N(C)C4CCNCC4)(C1)C[C@@](c1ccccc1)(C3)C2. The zero-order valence-electron chi connectivity index (χ0n) is 18.4. The summed E-state index contributed by atoms with van der Waals surface area (Å²) >= 11 is 0. The van der Waals surface area contributed by atoms with E-state index in [4.69, 9.17) is 0 Å². The second kappa shape index (κ2) is 7.11. The summed E-state index contributed by atoms with van der Waals surface area (Å²) in [6, 6.07) is 11.7. The van der Waals surface area contributed by atoms with Crippen LogP contribution in [0.3, 0.4) is 0 Å². The summed E-state index contributed by atoms with van der Waals surface area (Å²) in [6.45, 7) is 4.43. The van der Waals surface area contributed by atoms with Crippen LogP contribution in [0.1, 0.15) is 76.7 Å². The standard InChI is InChI=1S/C26H38N2O/c1-3-11-24-14-20-15-25(17-24,21-7-5-4-6-8-21)19-26(16-20,18-24)23(29)28(2)22-9-12-27-13-10-22/h4-8,20,22,27H,3,9-19H2,1-2H3/t20?,24-,25-,26?/m1/s1. The molecule has 1 aliphatic heterocycles. The van der Waals surface area contributed by atoms with Crippen molar-refractivity contribution in [2.45, 2.75) is 82.6 Å². The molecule has 4 aliphatic carbocycles. The van der Waals surface area contributed by atoms with Gasteiger partial charge in [0, 0.05) is 13.1 Å². The van der Waals surface area contributed by atoms with Gasteiger partial charge in [0.05, 0.1) is 5.41 Å². The molecule has 4 saturated carbocycles.